The maximum absolute atomic E-state index is 14.8. The number of para-hydroxylation sites is 1. The van der Waals surface area contributed by atoms with Crippen molar-refractivity contribution in [3.05, 3.63) is 80.7 Å². The SMILES string of the molecule is O=C(O[C@H]1C[N+]2(CCCOc3ccccc3)CCC1CC2)N(Cc1ccc(Br)s1)c1cc(F)c(F)cc1F.O=C([O-])C(F)(F)F. The number of quaternary nitrogens is 1. The van der Waals surface area contributed by atoms with Crippen molar-refractivity contribution >= 4 is 45.0 Å². The van der Waals surface area contributed by atoms with Crippen molar-refractivity contribution in [1.82, 2.24) is 0 Å². The zero-order chi connectivity index (χ0) is 32.8. The number of amides is 1. The van der Waals surface area contributed by atoms with E-state index in [9.17, 15) is 31.1 Å². The summed E-state index contributed by atoms with van der Waals surface area (Å²) in [6.45, 7) is 4.23. The number of alkyl halides is 3. The number of rotatable bonds is 9. The van der Waals surface area contributed by atoms with Crippen molar-refractivity contribution in [1.29, 1.82) is 0 Å². The van der Waals surface area contributed by atoms with Crippen LogP contribution >= 0.6 is 27.3 Å². The van der Waals surface area contributed by atoms with E-state index >= 15 is 0 Å². The quantitative estimate of drug-likeness (QED) is 0.110. The van der Waals surface area contributed by atoms with Crippen LogP contribution in [0.2, 0.25) is 0 Å². The molecular formula is C30H29BrF6N2O5S. The number of thiophene rings is 1. The second kappa shape index (κ2) is 14.9. The average molecular weight is 724 g/mol. The number of halogens is 7. The zero-order valence-electron chi connectivity index (χ0n) is 23.7. The van der Waals surface area contributed by atoms with Gasteiger partial charge in [0.15, 0.2) is 17.7 Å². The first-order valence-corrected chi connectivity index (χ1v) is 15.6. The van der Waals surface area contributed by atoms with Gasteiger partial charge in [-0.15, -0.1) is 11.3 Å². The minimum atomic E-state index is -5.19. The van der Waals surface area contributed by atoms with Crippen molar-refractivity contribution in [3.8, 4) is 5.75 Å². The van der Waals surface area contributed by atoms with Crippen LogP contribution in [-0.4, -0.2) is 61.6 Å². The van der Waals surface area contributed by atoms with Crippen molar-refractivity contribution in [3.63, 3.8) is 0 Å². The summed E-state index contributed by atoms with van der Waals surface area (Å²) in [4.78, 5) is 24.0. The Morgan fingerprint density at radius 1 is 1.00 bits per heavy atom. The Bertz CT molecular complexity index is 1470. The number of carbonyl (C=O) groups is 2. The van der Waals surface area contributed by atoms with Gasteiger partial charge in [-0.05, 0) is 40.2 Å². The number of benzene rings is 2. The molecule has 0 spiro atoms. The van der Waals surface area contributed by atoms with Crippen LogP contribution in [0.5, 0.6) is 5.75 Å². The molecule has 3 aliphatic rings. The van der Waals surface area contributed by atoms with Gasteiger partial charge >= 0.3 is 12.3 Å². The topological polar surface area (TPSA) is 78.9 Å². The number of hydrogen-bond donors (Lipinski definition) is 0. The molecule has 2 bridgehead atoms. The molecule has 0 N–H and O–H groups in total. The Morgan fingerprint density at radius 2 is 1.64 bits per heavy atom. The van der Waals surface area contributed by atoms with Gasteiger partial charge < -0.3 is 23.9 Å². The van der Waals surface area contributed by atoms with Crippen LogP contribution in [0.3, 0.4) is 0 Å². The number of piperidine rings is 3. The highest BCUT2D eigenvalue weighted by molar-refractivity contribution is 9.11. The van der Waals surface area contributed by atoms with Crippen LogP contribution in [0.25, 0.3) is 0 Å². The number of fused-ring (bicyclic) bond motifs is 3. The molecular weight excluding hydrogens is 694 g/mol. The number of carbonyl (C=O) groups excluding carboxylic acids is 2. The number of carboxylic acid groups (broad SMARTS) is 1. The Morgan fingerprint density at radius 3 is 2.24 bits per heavy atom. The van der Waals surface area contributed by atoms with Gasteiger partial charge in [0.1, 0.15) is 24.1 Å². The van der Waals surface area contributed by atoms with E-state index in [1.807, 2.05) is 36.4 Å². The van der Waals surface area contributed by atoms with Gasteiger partial charge in [-0.3, -0.25) is 4.90 Å². The molecule has 0 radical (unpaired) electrons. The lowest BCUT2D eigenvalue weighted by molar-refractivity contribution is -0.946. The summed E-state index contributed by atoms with van der Waals surface area (Å²) < 4.78 is 87.6. The van der Waals surface area contributed by atoms with Crippen LogP contribution < -0.4 is 14.7 Å². The summed E-state index contributed by atoms with van der Waals surface area (Å²) in [5.74, 6) is -5.49. The molecule has 244 valence electrons. The summed E-state index contributed by atoms with van der Waals surface area (Å²) >= 11 is 4.76. The van der Waals surface area contributed by atoms with E-state index < -0.39 is 35.7 Å². The van der Waals surface area contributed by atoms with E-state index in [1.165, 1.54) is 11.3 Å². The molecule has 1 atom stereocenters. The Labute approximate surface area is 267 Å². The van der Waals surface area contributed by atoms with Crippen LogP contribution in [-0.2, 0) is 16.1 Å². The number of aliphatic carboxylic acids is 1. The number of nitrogens with zero attached hydrogens (tertiary/aromatic N) is 2. The standard InChI is InChI=1S/C28H29BrF3N2O3S.C2HF3O2/c29-27-8-7-21(38-27)17-33(25-16-23(31)22(30)15-24(25)32)28(35)37-26-18-34(12-9-19(26)10-13-34)11-4-14-36-20-5-2-1-3-6-20;3-2(4,5)1(6)7/h1-3,5-8,15-16,19,26H,4,9-14,17-18H2;(H,6,7)/q+1;/p-1/t19?,26-,34?;/m0./s1. The lowest BCUT2D eigenvalue weighted by Gasteiger charge is -2.52. The maximum Gasteiger partial charge on any atom is 0.430 e. The molecule has 1 amide bonds. The van der Waals surface area contributed by atoms with E-state index in [1.54, 1.807) is 6.07 Å². The van der Waals surface area contributed by atoms with Gasteiger partial charge in [0.05, 0.1) is 42.3 Å². The molecule has 4 heterocycles. The third-order valence-electron chi connectivity index (χ3n) is 7.76. The van der Waals surface area contributed by atoms with E-state index in [0.717, 1.165) is 62.7 Å². The Hall–Kier alpha value is -3.30. The summed E-state index contributed by atoms with van der Waals surface area (Å²) in [6, 6.07) is 14.5. The van der Waals surface area contributed by atoms with Gasteiger partial charge in [0.25, 0.3) is 0 Å². The van der Waals surface area contributed by atoms with E-state index in [-0.39, 0.29) is 24.3 Å². The predicted molar refractivity (Wildman–Crippen MR) is 155 cm³/mol. The second-order valence-electron chi connectivity index (χ2n) is 10.8. The van der Waals surface area contributed by atoms with Crippen LogP contribution in [0, 0.1) is 23.4 Å². The Balaban J connectivity index is 0.000000591. The van der Waals surface area contributed by atoms with Crippen LogP contribution in [0.4, 0.5) is 36.8 Å². The third-order valence-corrected chi connectivity index (χ3v) is 9.37. The number of carboxylic acids is 1. The number of ether oxygens (including phenoxy) is 2. The Kier molecular flexibility index (Phi) is 11.4. The fourth-order valence-corrected chi connectivity index (χ4v) is 7.00. The molecule has 3 aromatic rings. The molecule has 6 rings (SSSR count). The van der Waals surface area contributed by atoms with Gasteiger partial charge in [0, 0.05) is 42.2 Å². The minimum absolute atomic E-state index is 0.0225. The highest BCUT2D eigenvalue weighted by Crippen LogP contribution is 2.37. The number of anilines is 1. The fraction of sp³-hybridized carbons (Fsp3) is 0.400. The van der Waals surface area contributed by atoms with Crippen LogP contribution in [0.1, 0.15) is 24.1 Å². The summed E-state index contributed by atoms with van der Waals surface area (Å²) in [5.41, 5.74) is -0.346. The van der Waals surface area contributed by atoms with Gasteiger partial charge in [-0.25, -0.2) is 18.0 Å². The molecule has 3 aliphatic heterocycles. The highest BCUT2D eigenvalue weighted by Gasteiger charge is 2.47. The largest absolute Gasteiger partial charge is 0.542 e. The minimum Gasteiger partial charge on any atom is -0.542 e. The van der Waals surface area contributed by atoms with Crippen molar-refractivity contribution in [2.75, 3.05) is 37.7 Å². The van der Waals surface area contributed by atoms with Crippen molar-refractivity contribution < 1.29 is 55.0 Å². The lowest BCUT2D eigenvalue weighted by Crippen LogP contribution is -2.65. The van der Waals surface area contributed by atoms with E-state index in [0.29, 0.717) is 25.3 Å². The molecule has 7 nitrogen and oxygen atoms in total. The first kappa shape index (κ1) is 34.6. The molecule has 0 aliphatic carbocycles. The van der Waals surface area contributed by atoms with Crippen molar-refractivity contribution in [2.24, 2.45) is 5.92 Å². The zero-order valence-corrected chi connectivity index (χ0v) is 26.1. The van der Waals surface area contributed by atoms with E-state index in [4.69, 9.17) is 19.4 Å². The van der Waals surface area contributed by atoms with Crippen LogP contribution in [0.15, 0.2) is 58.4 Å². The molecule has 15 heteroatoms. The third kappa shape index (κ3) is 9.36. The molecule has 1 aromatic heterocycles. The summed E-state index contributed by atoms with van der Waals surface area (Å²) in [7, 11) is 0. The van der Waals surface area contributed by atoms with Crippen molar-refractivity contribution in [2.45, 2.75) is 38.1 Å². The fourth-order valence-electron chi connectivity index (χ4n) is 5.53. The summed E-state index contributed by atoms with van der Waals surface area (Å²) in [6.07, 6.45) is -3.53. The van der Waals surface area contributed by atoms with E-state index in [2.05, 4.69) is 15.9 Å². The monoisotopic (exact) mass is 722 g/mol. The normalized spacial score (nSPS) is 20.6. The van der Waals surface area contributed by atoms with Gasteiger partial charge in [0.2, 0.25) is 0 Å². The summed E-state index contributed by atoms with van der Waals surface area (Å²) in [5, 5.41) is 8.78. The second-order valence-corrected chi connectivity index (χ2v) is 13.3. The molecule has 45 heavy (non-hydrogen) atoms. The average Bonchev–Trinajstić information content (AvgIpc) is 3.41. The molecule has 3 saturated heterocycles. The smallest absolute Gasteiger partial charge is 0.430 e. The predicted octanol–water partition coefficient (Wildman–Crippen LogP) is 6.45. The maximum atomic E-state index is 14.8. The molecule has 2 aromatic carbocycles. The van der Waals surface area contributed by atoms with Gasteiger partial charge in [-0.1, -0.05) is 18.2 Å². The van der Waals surface area contributed by atoms with Gasteiger partial charge in [-0.2, -0.15) is 13.2 Å². The molecule has 3 fully saturated rings. The lowest BCUT2D eigenvalue weighted by atomic mass is 9.83. The first-order chi connectivity index (χ1) is 21.3. The highest BCUT2D eigenvalue weighted by atomic mass is 79.9. The number of hydrogen-bond acceptors (Lipinski definition) is 6. The first-order valence-electron chi connectivity index (χ1n) is 13.9. The molecule has 0 unspecified atom stereocenters. The molecule has 0 saturated carbocycles.